The lowest BCUT2D eigenvalue weighted by Crippen LogP contribution is -2.44. The molecule has 0 aromatic heterocycles. The SMILES string of the molecule is CC(C)[C@@H](NC(=O)c1ccc(O)cc1F)C(=O)O. The standard InChI is InChI=1S/C12H14FNO4/c1-6(2)10(12(17)18)14-11(16)8-4-3-7(15)5-9(8)13/h3-6,10,15H,1-2H3,(H,14,16)(H,17,18)/t10-/m1/s1. The molecule has 1 aromatic rings. The third-order valence-corrected chi connectivity index (χ3v) is 2.42. The van der Waals surface area contributed by atoms with Gasteiger partial charge in [-0.05, 0) is 18.1 Å². The number of hydrogen-bond acceptors (Lipinski definition) is 3. The number of amides is 1. The second kappa shape index (κ2) is 5.48. The van der Waals surface area contributed by atoms with Crippen LogP contribution in [0.4, 0.5) is 4.39 Å². The van der Waals surface area contributed by atoms with E-state index in [-0.39, 0.29) is 17.2 Å². The van der Waals surface area contributed by atoms with Crippen molar-refractivity contribution in [3.05, 3.63) is 29.6 Å². The quantitative estimate of drug-likeness (QED) is 0.758. The zero-order valence-corrected chi connectivity index (χ0v) is 9.98. The number of phenols is 1. The Balaban J connectivity index is 2.91. The van der Waals surface area contributed by atoms with E-state index in [0.717, 1.165) is 18.2 Å². The lowest BCUT2D eigenvalue weighted by molar-refractivity contribution is -0.140. The number of nitrogens with one attached hydrogen (secondary N) is 1. The maximum absolute atomic E-state index is 13.4. The Labute approximate surface area is 103 Å². The summed E-state index contributed by atoms with van der Waals surface area (Å²) in [6, 6.07) is 1.95. The van der Waals surface area contributed by atoms with Crippen molar-refractivity contribution in [2.24, 2.45) is 5.92 Å². The summed E-state index contributed by atoms with van der Waals surface area (Å²) in [5.74, 6) is -3.54. The first kappa shape index (κ1) is 14.0. The van der Waals surface area contributed by atoms with E-state index in [1.807, 2.05) is 0 Å². The second-order valence-corrected chi connectivity index (χ2v) is 4.20. The van der Waals surface area contributed by atoms with E-state index in [2.05, 4.69) is 5.32 Å². The van der Waals surface area contributed by atoms with E-state index in [1.54, 1.807) is 13.8 Å². The van der Waals surface area contributed by atoms with Gasteiger partial charge in [0.05, 0.1) is 5.56 Å². The minimum absolute atomic E-state index is 0.303. The van der Waals surface area contributed by atoms with Gasteiger partial charge in [0.2, 0.25) is 0 Å². The van der Waals surface area contributed by atoms with Crippen LogP contribution < -0.4 is 5.32 Å². The Morgan fingerprint density at radius 1 is 1.33 bits per heavy atom. The first-order valence-electron chi connectivity index (χ1n) is 5.35. The van der Waals surface area contributed by atoms with Crippen molar-refractivity contribution in [1.29, 1.82) is 0 Å². The normalized spacial score (nSPS) is 12.2. The largest absolute Gasteiger partial charge is 0.508 e. The van der Waals surface area contributed by atoms with Gasteiger partial charge in [0.1, 0.15) is 17.6 Å². The van der Waals surface area contributed by atoms with Crippen LogP contribution in [0.2, 0.25) is 0 Å². The molecular formula is C12H14FNO4. The fourth-order valence-corrected chi connectivity index (χ4v) is 1.42. The molecule has 0 aliphatic rings. The molecule has 1 atom stereocenters. The van der Waals surface area contributed by atoms with Gasteiger partial charge in [0.15, 0.2) is 0 Å². The van der Waals surface area contributed by atoms with E-state index >= 15 is 0 Å². The molecule has 18 heavy (non-hydrogen) atoms. The molecule has 1 amide bonds. The Morgan fingerprint density at radius 2 is 1.94 bits per heavy atom. The summed E-state index contributed by atoms with van der Waals surface area (Å²) >= 11 is 0. The number of phenolic OH excluding ortho intramolecular Hbond substituents is 1. The molecular weight excluding hydrogens is 241 g/mol. The maximum atomic E-state index is 13.4. The van der Waals surface area contributed by atoms with Gasteiger partial charge in [-0.3, -0.25) is 4.79 Å². The van der Waals surface area contributed by atoms with Gasteiger partial charge in [0.25, 0.3) is 5.91 Å². The van der Waals surface area contributed by atoms with Crippen LogP contribution in [0.15, 0.2) is 18.2 Å². The molecule has 0 spiro atoms. The van der Waals surface area contributed by atoms with Crippen molar-refractivity contribution in [3.63, 3.8) is 0 Å². The highest BCUT2D eigenvalue weighted by atomic mass is 19.1. The van der Waals surface area contributed by atoms with Gasteiger partial charge in [0, 0.05) is 6.07 Å². The van der Waals surface area contributed by atoms with E-state index in [1.165, 1.54) is 0 Å². The molecule has 0 saturated heterocycles. The molecule has 0 fully saturated rings. The minimum atomic E-state index is -1.18. The van der Waals surface area contributed by atoms with Gasteiger partial charge in [-0.25, -0.2) is 9.18 Å². The molecule has 0 aliphatic heterocycles. The molecule has 0 radical (unpaired) electrons. The maximum Gasteiger partial charge on any atom is 0.326 e. The van der Waals surface area contributed by atoms with Crippen LogP contribution in [-0.4, -0.2) is 28.1 Å². The van der Waals surface area contributed by atoms with Crippen LogP contribution in [0.5, 0.6) is 5.75 Å². The monoisotopic (exact) mass is 255 g/mol. The Morgan fingerprint density at radius 3 is 2.39 bits per heavy atom. The van der Waals surface area contributed by atoms with E-state index in [4.69, 9.17) is 10.2 Å². The van der Waals surface area contributed by atoms with Gasteiger partial charge < -0.3 is 15.5 Å². The highest BCUT2D eigenvalue weighted by molar-refractivity contribution is 5.97. The minimum Gasteiger partial charge on any atom is -0.508 e. The molecule has 6 heteroatoms. The number of aliphatic carboxylic acids is 1. The van der Waals surface area contributed by atoms with Gasteiger partial charge in [-0.1, -0.05) is 13.8 Å². The topological polar surface area (TPSA) is 86.6 Å². The first-order chi connectivity index (χ1) is 8.32. The Hall–Kier alpha value is -2.11. The Bertz CT molecular complexity index is 473. The number of hydrogen-bond donors (Lipinski definition) is 3. The third kappa shape index (κ3) is 3.19. The summed E-state index contributed by atoms with van der Waals surface area (Å²) in [5, 5.41) is 20.1. The lowest BCUT2D eigenvalue weighted by Gasteiger charge is -2.18. The number of carbonyl (C=O) groups is 2. The van der Waals surface area contributed by atoms with E-state index in [9.17, 15) is 14.0 Å². The summed E-state index contributed by atoms with van der Waals surface area (Å²) in [6.07, 6.45) is 0. The van der Waals surface area contributed by atoms with Crippen molar-refractivity contribution in [3.8, 4) is 5.75 Å². The average molecular weight is 255 g/mol. The molecule has 0 bridgehead atoms. The number of halogens is 1. The summed E-state index contributed by atoms with van der Waals surface area (Å²) in [6.45, 7) is 3.26. The summed E-state index contributed by atoms with van der Waals surface area (Å²) < 4.78 is 13.4. The zero-order chi connectivity index (χ0) is 13.9. The fourth-order valence-electron chi connectivity index (χ4n) is 1.42. The van der Waals surface area contributed by atoms with E-state index in [0.29, 0.717) is 0 Å². The molecule has 1 aromatic carbocycles. The summed E-state index contributed by atoms with van der Waals surface area (Å²) in [7, 11) is 0. The van der Waals surface area contributed by atoms with Gasteiger partial charge >= 0.3 is 5.97 Å². The highest BCUT2D eigenvalue weighted by Crippen LogP contribution is 2.15. The molecule has 3 N–H and O–H groups in total. The number of aromatic hydroxyl groups is 1. The molecule has 0 saturated carbocycles. The Kier molecular flexibility index (Phi) is 4.25. The van der Waals surface area contributed by atoms with Crippen LogP contribution in [0.3, 0.4) is 0 Å². The van der Waals surface area contributed by atoms with Crippen LogP contribution >= 0.6 is 0 Å². The second-order valence-electron chi connectivity index (χ2n) is 4.20. The van der Waals surface area contributed by atoms with Crippen LogP contribution in [0.25, 0.3) is 0 Å². The molecule has 0 aliphatic carbocycles. The number of carboxylic acid groups (broad SMARTS) is 1. The highest BCUT2D eigenvalue weighted by Gasteiger charge is 2.25. The summed E-state index contributed by atoms with van der Waals surface area (Å²) in [5.41, 5.74) is -0.306. The van der Waals surface area contributed by atoms with Gasteiger partial charge in [-0.2, -0.15) is 0 Å². The van der Waals surface area contributed by atoms with Crippen molar-refractivity contribution in [2.45, 2.75) is 19.9 Å². The predicted octanol–water partition coefficient (Wildman–Crippen LogP) is 1.37. The molecule has 98 valence electrons. The number of carbonyl (C=O) groups excluding carboxylic acids is 1. The third-order valence-electron chi connectivity index (χ3n) is 2.42. The molecule has 5 nitrogen and oxygen atoms in total. The van der Waals surface area contributed by atoms with Crippen LogP contribution in [0, 0.1) is 11.7 Å². The van der Waals surface area contributed by atoms with Crippen molar-refractivity contribution in [1.82, 2.24) is 5.32 Å². The number of rotatable bonds is 4. The summed E-state index contributed by atoms with van der Waals surface area (Å²) in [4.78, 5) is 22.6. The zero-order valence-electron chi connectivity index (χ0n) is 9.98. The first-order valence-corrected chi connectivity index (χ1v) is 5.35. The van der Waals surface area contributed by atoms with Crippen molar-refractivity contribution in [2.75, 3.05) is 0 Å². The number of benzene rings is 1. The fraction of sp³-hybridized carbons (Fsp3) is 0.333. The molecule has 0 heterocycles. The van der Waals surface area contributed by atoms with Gasteiger partial charge in [-0.15, -0.1) is 0 Å². The molecule has 0 unspecified atom stereocenters. The van der Waals surface area contributed by atoms with Crippen LogP contribution in [-0.2, 0) is 4.79 Å². The van der Waals surface area contributed by atoms with Crippen molar-refractivity contribution < 1.29 is 24.2 Å². The lowest BCUT2D eigenvalue weighted by atomic mass is 10.0. The predicted molar refractivity (Wildman–Crippen MR) is 61.8 cm³/mol. The molecule has 1 rings (SSSR count). The van der Waals surface area contributed by atoms with Crippen molar-refractivity contribution >= 4 is 11.9 Å². The number of carboxylic acids is 1. The average Bonchev–Trinajstić information content (AvgIpc) is 2.24. The van der Waals surface area contributed by atoms with Crippen LogP contribution in [0.1, 0.15) is 24.2 Å². The van der Waals surface area contributed by atoms with E-state index < -0.39 is 23.7 Å². The smallest absolute Gasteiger partial charge is 0.326 e.